The van der Waals surface area contributed by atoms with E-state index >= 15 is 0 Å². The highest BCUT2D eigenvalue weighted by atomic mass is 32.3. The average Bonchev–Trinajstić information content (AvgIpc) is 2.53. The zero-order chi connectivity index (χ0) is 18.3. The van der Waals surface area contributed by atoms with Crippen molar-refractivity contribution in [2.45, 2.75) is 97.1 Å². The Morgan fingerprint density at radius 2 is 1.33 bits per heavy atom. The summed E-state index contributed by atoms with van der Waals surface area (Å²) in [4.78, 5) is 9.06. The molecule has 0 aromatic heterocycles. The fourth-order valence-corrected chi connectivity index (χ4v) is 2.72. The van der Waals surface area contributed by atoms with E-state index in [9.17, 15) is 8.42 Å². The number of hydrogen-bond acceptors (Lipinski definition) is 7. The Morgan fingerprint density at radius 1 is 0.833 bits per heavy atom. The molecule has 0 aromatic rings. The maximum Gasteiger partial charge on any atom is 0.453 e. The second-order valence-electron chi connectivity index (χ2n) is 6.28. The minimum Gasteiger partial charge on any atom is -0.301 e. The smallest absolute Gasteiger partial charge is 0.301 e. The molecule has 0 spiro atoms. The predicted octanol–water partition coefficient (Wildman–Crippen LogP) is 4.13. The van der Waals surface area contributed by atoms with Gasteiger partial charge in [-0.1, -0.05) is 73.4 Å². The Kier molecular flexibility index (Phi) is 13.8. The summed E-state index contributed by atoms with van der Waals surface area (Å²) in [5.41, 5.74) is 4.66. The molecule has 2 N–H and O–H groups in total. The maximum atomic E-state index is 11.2. The molecule has 0 radical (unpaired) electrons. The summed E-state index contributed by atoms with van der Waals surface area (Å²) in [6.07, 6.45) is 12.6. The van der Waals surface area contributed by atoms with Crippen LogP contribution in [0, 0.1) is 0 Å². The second-order valence-corrected chi connectivity index (χ2v) is 7.37. The van der Waals surface area contributed by atoms with Crippen molar-refractivity contribution in [2.24, 2.45) is 5.73 Å². The van der Waals surface area contributed by atoms with E-state index in [2.05, 4.69) is 20.5 Å². The minimum absolute atomic E-state index is 0.0705. The van der Waals surface area contributed by atoms with E-state index in [1.54, 1.807) is 13.8 Å². The maximum absolute atomic E-state index is 11.2. The SMILES string of the molecule is CCCCCCCCCCCCC(C)(N)OOS(=O)(=O)OOCC. The molecule has 24 heavy (non-hydrogen) atoms. The van der Waals surface area contributed by atoms with Gasteiger partial charge in [0.05, 0.1) is 6.61 Å². The molecular formula is C16H35NO6S. The Balaban J connectivity index is 3.63. The van der Waals surface area contributed by atoms with Crippen LogP contribution in [0.1, 0.15) is 91.4 Å². The Bertz CT molecular complexity index is 386. The van der Waals surface area contributed by atoms with Crippen LogP contribution in [0.5, 0.6) is 0 Å². The molecule has 0 saturated carbocycles. The number of nitrogens with two attached hydrogens (primary N) is 1. The molecule has 0 aliphatic heterocycles. The first kappa shape index (κ1) is 23.8. The molecule has 8 heteroatoms. The first-order valence-electron chi connectivity index (χ1n) is 9.05. The van der Waals surface area contributed by atoms with Crippen molar-refractivity contribution in [3.05, 3.63) is 0 Å². The van der Waals surface area contributed by atoms with E-state index in [1.165, 1.54) is 44.9 Å². The Hall–Kier alpha value is -0.250. The standard InChI is InChI=1S/C16H35NO6S/c1-4-6-7-8-9-10-11-12-13-14-15-16(3,17)21-23-24(18,19)22-20-5-2/h4-15,17H2,1-3H3. The third-order valence-electron chi connectivity index (χ3n) is 3.58. The summed E-state index contributed by atoms with van der Waals surface area (Å²) < 4.78 is 30.7. The van der Waals surface area contributed by atoms with Crippen molar-refractivity contribution < 1.29 is 26.9 Å². The van der Waals surface area contributed by atoms with Crippen molar-refractivity contribution in [2.75, 3.05) is 6.61 Å². The molecule has 0 saturated heterocycles. The summed E-state index contributed by atoms with van der Waals surface area (Å²) in [5.74, 6) is 0. The molecule has 0 aliphatic rings. The van der Waals surface area contributed by atoms with Gasteiger partial charge in [-0.05, 0) is 26.7 Å². The summed E-state index contributed by atoms with van der Waals surface area (Å²) in [6.45, 7) is 5.44. The minimum atomic E-state index is -4.35. The van der Waals surface area contributed by atoms with Gasteiger partial charge in [-0.3, -0.25) is 0 Å². The fourth-order valence-electron chi connectivity index (χ4n) is 2.24. The third-order valence-corrected chi connectivity index (χ3v) is 4.08. The molecule has 7 nitrogen and oxygen atoms in total. The summed E-state index contributed by atoms with van der Waals surface area (Å²) in [6, 6.07) is 0. The number of rotatable bonds is 17. The van der Waals surface area contributed by atoms with Crippen LogP contribution in [-0.4, -0.2) is 20.7 Å². The predicted molar refractivity (Wildman–Crippen MR) is 92.9 cm³/mol. The van der Waals surface area contributed by atoms with Gasteiger partial charge in [0.2, 0.25) is 0 Å². The van der Waals surface area contributed by atoms with Crippen LogP contribution in [0.25, 0.3) is 0 Å². The van der Waals surface area contributed by atoms with Crippen molar-refractivity contribution in [3.8, 4) is 0 Å². The van der Waals surface area contributed by atoms with Crippen LogP contribution < -0.4 is 5.73 Å². The van der Waals surface area contributed by atoms with E-state index in [0.29, 0.717) is 6.42 Å². The Morgan fingerprint density at radius 3 is 1.83 bits per heavy atom. The molecule has 0 aromatic carbocycles. The molecule has 0 aliphatic carbocycles. The summed E-state index contributed by atoms with van der Waals surface area (Å²) >= 11 is 0. The molecule has 0 amide bonds. The van der Waals surface area contributed by atoms with Crippen LogP contribution in [-0.2, 0) is 28.8 Å². The highest BCUT2D eigenvalue weighted by molar-refractivity contribution is 7.81. The monoisotopic (exact) mass is 369 g/mol. The average molecular weight is 370 g/mol. The van der Waals surface area contributed by atoms with E-state index in [1.807, 2.05) is 0 Å². The lowest BCUT2D eigenvalue weighted by Crippen LogP contribution is -2.40. The topological polar surface area (TPSA) is 97.1 Å². The van der Waals surface area contributed by atoms with Crippen molar-refractivity contribution in [3.63, 3.8) is 0 Å². The van der Waals surface area contributed by atoms with Crippen LogP contribution in [0.2, 0.25) is 0 Å². The molecule has 0 fully saturated rings. The Labute approximate surface area is 147 Å². The largest absolute Gasteiger partial charge is 0.453 e. The van der Waals surface area contributed by atoms with Crippen LogP contribution in [0.3, 0.4) is 0 Å². The second kappa shape index (κ2) is 14.0. The van der Waals surface area contributed by atoms with Gasteiger partial charge in [0.15, 0.2) is 5.72 Å². The van der Waals surface area contributed by atoms with Gasteiger partial charge < -0.3 is 5.73 Å². The van der Waals surface area contributed by atoms with Gasteiger partial charge in [-0.25, -0.2) is 4.89 Å². The molecule has 0 bridgehead atoms. The quantitative estimate of drug-likeness (QED) is 0.178. The van der Waals surface area contributed by atoms with E-state index < -0.39 is 16.1 Å². The van der Waals surface area contributed by atoms with Crippen molar-refractivity contribution >= 4 is 10.4 Å². The highest BCUT2D eigenvalue weighted by Crippen LogP contribution is 2.17. The summed E-state index contributed by atoms with van der Waals surface area (Å²) in [5, 5.41) is 0. The number of hydrogen-bond donors (Lipinski definition) is 1. The first-order valence-corrected chi connectivity index (χ1v) is 10.4. The van der Waals surface area contributed by atoms with Crippen LogP contribution in [0.4, 0.5) is 0 Å². The van der Waals surface area contributed by atoms with E-state index in [-0.39, 0.29) is 6.61 Å². The lowest BCUT2D eigenvalue weighted by molar-refractivity contribution is -0.307. The van der Waals surface area contributed by atoms with Gasteiger partial charge in [0.25, 0.3) is 0 Å². The molecule has 1 atom stereocenters. The van der Waals surface area contributed by atoms with Gasteiger partial charge >= 0.3 is 10.4 Å². The molecular weight excluding hydrogens is 334 g/mol. The normalized spacial score (nSPS) is 14.7. The first-order chi connectivity index (χ1) is 11.3. The van der Waals surface area contributed by atoms with Gasteiger partial charge in [-0.15, -0.1) is 0 Å². The zero-order valence-corrected chi connectivity index (χ0v) is 16.2. The van der Waals surface area contributed by atoms with Crippen LogP contribution >= 0.6 is 0 Å². The van der Waals surface area contributed by atoms with Crippen LogP contribution in [0.15, 0.2) is 0 Å². The van der Waals surface area contributed by atoms with Crippen molar-refractivity contribution in [1.29, 1.82) is 0 Å². The lowest BCUT2D eigenvalue weighted by atomic mass is 10.0. The third kappa shape index (κ3) is 15.3. The zero-order valence-electron chi connectivity index (χ0n) is 15.4. The van der Waals surface area contributed by atoms with Gasteiger partial charge in [0, 0.05) is 0 Å². The molecule has 0 heterocycles. The van der Waals surface area contributed by atoms with E-state index in [0.717, 1.165) is 19.3 Å². The van der Waals surface area contributed by atoms with Crippen molar-refractivity contribution in [1.82, 2.24) is 0 Å². The summed E-state index contributed by atoms with van der Waals surface area (Å²) in [7, 11) is -4.35. The molecule has 1 unspecified atom stereocenters. The fraction of sp³-hybridized carbons (Fsp3) is 1.00. The van der Waals surface area contributed by atoms with Gasteiger partial charge in [0.1, 0.15) is 0 Å². The van der Waals surface area contributed by atoms with Gasteiger partial charge in [-0.2, -0.15) is 13.3 Å². The lowest BCUT2D eigenvalue weighted by Gasteiger charge is -2.22. The molecule has 146 valence electrons. The highest BCUT2D eigenvalue weighted by Gasteiger charge is 2.25. The number of unbranched alkanes of at least 4 members (excludes halogenated alkanes) is 9. The molecule has 0 rings (SSSR count). The van der Waals surface area contributed by atoms with E-state index in [4.69, 9.17) is 10.6 Å².